The monoisotopic (exact) mass is 269 g/mol. The molecule has 1 aromatic carbocycles. The standard InChI is InChI=1S/C15H15N3O2/c19-15(14-7-10-3-1-2-4-13(10)20-14)18-6-5-11-12(8-18)17-9-16-11/h1-4,9,14H,5-8H2,(H,16,17)/t14-/m1/s1. The topological polar surface area (TPSA) is 58.2 Å². The molecule has 0 bridgehead atoms. The lowest BCUT2D eigenvalue weighted by Crippen LogP contribution is -2.43. The largest absolute Gasteiger partial charge is 0.480 e. The summed E-state index contributed by atoms with van der Waals surface area (Å²) in [6, 6.07) is 7.86. The first-order chi connectivity index (χ1) is 9.81. The normalized spacial score (nSPS) is 20.2. The summed E-state index contributed by atoms with van der Waals surface area (Å²) >= 11 is 0. The molecule has 2 aliphatic rings. The fourth-order valence-corrected chi connectivity index (χ4v) is 2.92. The van der Waals surface area contributed by atoms with E-state index < -0.39 is 0 Å². The van der Waals surface area contributed by atoms with Gasteiger partial charge >= 0.3 is 0 Å². The Balaban J connectivity index is 1.50. The number of para-hydroxylation sites is 1. The molecule has 20 heavy (non-hydrogen) atoms. The molecular formula is C15H15N3O2. The number of carbonyl (C=O) groups excluding carboxylic acids is 1. The Morgan fingerprint density at radius 3 is 3.20 bits per heavy atom. The number of ether oxygens (including phenoxy) is 1. The second-order valence-electron chi connectivity index (χ2n) is 5.26. The van der Waals surface area contributed by atoms with Crippen LogP contribution in [0.5, 0.6) is 5.75 Å². The maximum absolute atomic E-state index is 12.6. The van der Waals surface area contributed by atoms with Crippen LogP contribution in [0.1, 0.15) is 17.0 Å². The molecule has 102 valence electrons. The third-order valence-corrected chi connectivity index (χ3v) is 4.01. The van der Waals surface area contributed by atoms with Gasteiger partial charge in [-0.25, -0.2) is 4.98 Å². The zero-order valence-electron chi connectivity index (χ0n) is 11.0. The number of rotatable bonds is 1. The van der Waals surface area contributed by atoms with Gasteiger partial charge in [0.1, 0.15) is 5.75 Å². The van der Waals surface area contributed by atoms with Gasteiger partial charge in [-0.1, -0.05) is 18.2 Å². The smallest absolute Gasteiger partial charge is 0.264 e. The molecule has 4 rings (SSSR count). The predicted molar refractivity (Wildman–Crippen MR) is 72.3 cm³/mol. The zero-order valence-corrected chi connectivity index (χ0v) is 11.0. The summed E-state index contributed by atoms with van der Waals surface area (Å²) in [5.41, 5.74) is 3.23. The lowest BCUT2D eigenvalue weighted by molar-refractivity contribution is -0.138. The van der Waals surface area contributed by atoms with Crippen molar-refractivity contribution < 1.29 is 9.53 Å². The van der Waals surface area contributed by atoms with Crippen LogP contribution >= 0.6 is 0 Å². The SMILES string of the molecule is O=C([C@H]1Cc2ccccc2O1)N1CCc2nc[nH]c2C1. The first-order valence-corrected chi connectivity index (χ1v) is 6.86. The number of nitrogens with zero attached hydrogens (tertiary/aromatic N) is 2. The van der Waals surface area contributed by atoms with Gasteiger partial charge in [0.05, 0.1) is 24.3 Å². The first kappa shape index (κ1) is 11.5. The third kappa shape index (κ3) is 1.78. The van der Waals surface area contributed by atoms with Crippen molar-refractivity contribution in [1.82, 2.24) is 14.9 Å². The number of hydrogen-bond donors (Lipinski definition) is 1. The third-order valence-electron chi connectivity index (χ3n) is 4.01. The van der Waals surface area contributed by atoms with Crippen molar-refractivity contribution in [2.45, 2.75) is 25.5 Å². The molecule has 1 aromatic heterocycles. The van der Waals surface area contributed by atoms with Crippen molar-refractivity contribution in [2.75, 3.05) is 6.54 Å². The van der Waals surface area contributed by atoms with Crippen LogP contribution < -0.4 is 4.74 Å². The van der Waals surface area contributed by atoms with Crippen LogP contribution in [0, 0.1) is 0 Å². The van der Waals surface area contributed by atoms with Gasteiger partial charge in [-0.05, 0) is 11.6 Å². The van der Waals surface area contributed by atoms with Gasteiger partial charge in [0, 0.05) is 19.4 Å². The van der Waals surface area contributed by atoms with Gasteiger partial charge in [-0.2, -0.15) is 0 Å². The summed E-state index contributed by atoms with van der Waals surface area (Å²) in [4.78, 5) is 21.8. The van der Waals surface area contributed by atoms with Crippen molar-refractivity contribution in [3.63, 3.8) is 0 Å². The highest BCUT2D eigenvalue weighted by Gasteiger charge is 2.33. The summed E-state index contributed by atoms with van der Waals surface area (Å²) in [5.74, 6) is 0.909. The highest BCUT2D eigenvalue weighted by molar-refractivity contribution is 5.82. The first-order valence-electron chi connectivity index (χ1n) is 6.86. The molecule has 0 saturated heterocycles. The molecule has 1 atom stereocenters. The second kappa shape index (κ2) is 4.37. The Bertz CT molecular complexity index is 636. The number of fused-ring (bicyclic) bond motifs is 2. The van der Waals surface area contributed by atoms with E-state index in [2.05, 4.69) is 9.97 Å². The molecule has 0 spiro atoms. The van der Waals surface area contributed by atoms with Crippen LogP contribution in [-0.4, -0.2) is 33.4 Å². The summed E-state index contributed by atoms with van der Waals surface area (Å²) in [5, 5.41) is 0. The Kier molecular flexibility index (Phi) is 2.52. The summed E-state index contributed by atoms with van der Waals surface area (Å²) in [7, 11) is 0. The van der Waals surface area contributed by atoms with E-state index >= 15 is 0 Å². The van der Waals surface area contributed by atoms with Crippen LogP contribution in [0.4, 0.5) is 0 Å². The lowest BCUT2D eigenvalue weighted by Gasteiger charge is -2.28. The number of hydrogen-bond acceptors (Lipinski definition) is 3. The maximum Gasteiger partial charge on any atom is 0.264 e. The summed E-state index contributed by atoms with van der Waals surface area (Å²) < 4.78 is 5.77. The minimum Gasteiger partial charge on any atom is -0.480 e. The molecule has 0 unspecified atom stereocenters. The van der Waals surface area contributed by atoms with Crippen LogP contribution in [-0.2, 0) is 24.2 Å². The number of H-pyrrole nitrogens is 1. The van der Waals surface area contributed by atoms with Crippen LogP contribution in [0.3, 0.4) is 0 Å². The molecule has 2 aromatic rings. The van der Waals surface area contributed by atoms with Gasteiger partial charge in [0.2, 0.25) is 0 Å². The maximum atomic E-state index is 12.6. The minimum atomic E-state index is -0.378. The number of aromatic nitrogens is 2. The molecule has 0 aliphatic carbocycles. The van der Waals surface area contributed by atoms with Gasteiger partial charge in [-0.15, -0.1) is 0 Å². The fraction of sp³-hybridized carbons (Fsp3) is 0.333. The van der Waals surface area contributed by atoms with Gasteiger partial charge in [-0.3, -0.25) is 4.79 Å². The number of imidazole rings is 1. The van der Waals surface area contributed by atoms with Crippen molar-refractivity contribution in [1.29, 1.82) is 0 Å². The molecule has 0 saturated carbocycles. The Morgan fingerprint density at radius 1 is 1.40 bits per heavy atom. The molecule has 2 aliphatic heterocycles. The van der Waals surface area contributed by atoms with Crippen molar-refractivity contribution in [3.05, 3.63) is 47.5 Å². The van der Waals surface area contributed by atoms with E-state index in [0.717, 1.165) is 29.1 Å². The quantitative estimate of drug-likeness (QED) is 0.849. The second-order valence-corrected chi connectivity index (χ2v) is 5.26. The molecule has 0 radical (unpaired) electrons. The molecule has 5 heteroatoms. The number of nitrogens with one attached hydrogen (secondary N) is 1. The summed E-state index contributed by atoms with van der Waals surface area (Å²) in [6.07, 6.45) is 2.79. The number of amides is 1. The van der Waals surface area contributed by atoms with Crippen LogP contribution in [0.25, 0.3) is 0 Å². The van der Waals surface area contributed by atoms with Gasteiger partial charge in [0.25, 0.3) is 5.91 Å². The molecule has 0 fully saturated rings. The van der Waals surface area contributed by atoms with Crippen molar-refractivity contribution in [3.8, 4) is 5.75 Å². The number of carbonyl (C=O) groups is 1. The highest BCUT2D eigenvalue weighted by Crippen LogP contribution is 2.29. The number of aromatic amines is 1. The number of benzene rings is 1. The van der Waals surface area contributed by atoms with Crippen LogP contribution in [0.15, 0.2) is 30.6 Å². The molecular weight excluding hydrogens is 254 g/mol. The average Bonchev–Trinajstić information content (AvgIpc) is 3.11. The van der Waals surface area contributed by atoms with Crippen LogP contribution in [0.2, 0.25) is 0 Å². The van der Waals surface area contributed by atoms with Gasteiger partial charge in [0.15, 0.2) is 6.10 Å². The van der Waals surface area contributed by atoms with Gasteiger partial charge < -0.3 is 14.6 Å². The molecule has 1 amide bonds. The van der Waals surface area contributed by atoms with E-state index in [-0.39, 0.29) is 12.0 Å². The average molecular weight is 269 g/mol. The van der Waals surface area contributed by atoms with E-state index in [1.54, 1.807) is 6.33 Å². The van der Waals surface area contributed by atoms with Crippen molar-refractivity contribution >= 4 is 5.91 Å². The molecule has 1 N–H and O–H groups in total. The van der Waals surface area contributed by atoms with E-state index in [1.807, 2.05) is 29.2 Å². The minimum absolute atomic E-state index is 0.0708. The fourth-order valence-electron chi connectivity index (χ4n) is 2.92. The molecule has 3 heterocycles. The van der Waals surface area contributed by atoms with E-state index in [0.29, 0.717) is 19.5 Å². The predicted octanol–water partition coefficient (Wildman–Crippen LogP) is 1.30. The molecule has 5 nitrogen and oxygen atoms in total. The highest BCUT2D eigenvalue weighted by atomic mass is 16.5. The Morgan fingerprint density at radius 2 is 2.30 bits per heavy atom. The van der Waals surface area contributed by atoms with E-state index in [4.69, 9.17) is 4.74 Å². The van der Waals surface area contributed by atoms with Crippen molar-refractivity contribution in [2.24, 2.45) is 0 Å². The zero-order chi connectivity index (χ0) is 13.5. The Hall–Kier alpha value is -2.30. The lowest BCUT2D eigenvalue weighted by atomic mass is 10.1. The van der Waals surface area contributed by atoms with E-state index in [9.17, 15) is 4.79 Å². The van der Waals surface area contributed by atoms with E-state index in [1.165, 1.54) is 0 Å². The summed E-state index contributed by atoms with van der Waals surface area (Å²) in [6.45, 7) is 1.32. The Labute approximate surface area is 116 Å².